The summed E-state index contributed by atoms with van der Waals surface area (Å²) in [5, 5.41) is 12.7. The van der Waals surface area contributed by atoms with Gasteiger partial charge in [-0.05, 0) is 37.1 Å². The molecule has 0 aliphatic rings. The predicted molar refractivity (Wildman–Crippen MR) is 106 cm³/mol. The summed E-state index contributed by atoms with van der Waals surface area (Å²) >= 11 is 0. The van der Waals surface area contributed by atoms with Gasteiger partial charge >= 0.3 is 5.97 Å². The number of aromatic nitrogens is 1. The van der Waals surface area contributed by atoms with E-state index in [1.54, 1.807) is 6.21 Å². The highest BCUT2D eigenvalue weighted by atomic mass is 16.6. The van der Waals surface area contributed by atoms with Crippen LogP contribution in [0.4, 0.5) is 0 Å². The lowest BCUT2D eigenvalue weighted by Crippen LogP contribution is -2.00. The van der Waals surface area contributed by atoms with E-state index in [4.69, 9.17) is 14.4 Å². The number of carbonyl (C=O) groups is 1. The van der Waals surface area contributed by atoms with Crippen LogP contribution >= 0.6 is 0 Å². The van der Waals surface area contributed by atoms with Crippen LogP contribution in [0.15, 0.2) is 58.1 Å². The van der Waals surface area contributed by atoms with Crippen LogP contribution in [0.3, 0.4) is 0 Å². The molecule has 0 unspecified atom stereocenters. The quantitative estimate of drug-likeness (QED) is 0.466. The molecule has 6 nitrogen and oxygen atoms in total. The second-order valence-corrected chi connectivity index (χ2v) is 6.54. The van der Waals surface area contributed by atoms with Gasteiger partial charge in [-0.1, -0.05) is 47.1 Å². The fourth-order valence-electron chi connectivity index (χ4n) is 2.64. The second kappa shape index (κ2) is 8.99. The molecule has 1 aromatic heterocycles. The van der Waals surface area contributed by atoms with E-state index in [-0.39, 0.29) is 13.0 Å². The lowest BCUT2D eigenvalue weighted by Gasteiger charge is -2.00. The molecule has 3 aromatic rings. The molecule has 0 atom stereocenters. The van der Waals surface area contributed by atoms with Crippen molar-refractivity contribution in [2.24, 2.45) is 5.16 Å². The van der Waals surface area contributed by atoms with Crippen LogP contribution < -0.4 is 0 Å². The van der Waals surface area contributed by atoms with E-state index in [9.17, 15) is 4.79 Å². The predicted octanol–water partition coefficient (Wildman–Crippen LogP) is 4.33. The first-order valence-corrected chi connectivity index (χ1v) is 8.98. The first-order chi connectivity index (χ1) is 13.5. The van der Waals surface area contributed by atoms with Crippen molar-refractivity contribution in [2.45, 2.75) is 33.3 Å². The average molecular weight is 378 g/mol. The van der Waals surface area contributed by atoms with E-state index < -0.39 is 5.97 Å². The molecule has 2 aromatic carbocycles. The first kappa shape index (κ1) is 19.4. The maximum atomic E-state index is 10.7. The average Bonchev–Trinajstić information content (AvgIpc) is 3.03. The van der Waals surface area contributed by atoms with Crippen LogP contribution in [0.5, 0.6) is 0 Å². The molecule has 1 N–H and O–H groups in total. The maximum Gasteiger partial charge on any atom is 0.307 e. The third-order valence-electron chi connectivity index (χ3n) is 4.25. The van der Waals surface area contributed by atoms with Crippen molar-refractivity contribution in [3.8, 4) is 11.5 Å². The lowest BCUT2D eigenvalue weighted by molar-refractivity contribution is -0.136. The fourth-order valence-corrected chi connectivity index (χ4v) is 2.64. The molecular formula is C22H22N2O4. The maximum absolute atomic E-state index is 10.7. The number of oxazole rings is 1. The lowest BCUT2D eigenvalue weighted by atomic mass is 10.1. The molecule has 0 spiro atoms. The Bertz CT molecular complexity index is 957. The zero-order valence-corrected chi connectivity index (χ0v) is 15.9. The Balaban J connectivity index is 1.51. The fraction of sp³-hybridized carbons (Fsp3) is 0.227. The van der Waals surface area contributed by atoms with E-state index in [2.05, 4.69) is 10.1 Å². The van der Waals surface area contributed by atoms with E-state index in [1.807, 2.05) is 62.4 Å². The molecule has 0 aliphatic carbocycles. The first-order valence-electron chi connectivity index (χ1n) is 8.98. The SMILES string of the molecule is Cc1ccc(-c2nc(CON=CCc3ccc(CC(=O)O)cc3)c(C)o2)cc1. The van der Waals surface area contributed by atoms with Gasteiger partial charge in [-0.25, -0.2) is 4.98 Å². The van der Waals surface area contributed by atoms with Crippen molar-refractivity contribution in [3.63, 3.8) is 0 Å². The standard InChI is InChI=1S/C22H22N2O4/c1-15-3-9-19(10-4-15)22-24-20(16(2)28-22)14-27-23-12-11-17-5-7-18(8-6-17)13-21(25)26/h3-10,12H,11,13-14H2,1-2H3,(H,25,26). The van der Waals surface area contributed by atoms with Crippen molar-refractivity contribution >= 4 is 12.2 Å². The molecule has 0 radical (unpaired) electrons. The van der Waals surface area contributed by atoms with Gasteiger partial charge in [0, 0.05) is 18.2 Å². The summed E-state index contributed by atoms with van der Waals surface area (Å²) in [6, 6.07) is 15.4. The number of benzene rings is 2. The summed E-state index contributed by atoms with van der Waals surface area (Å²) in [5.74, 6) is 0.442. The normalized spacial score (nSPS) is 11.1. The van der Waals surface area contributed by atoms with Crippen molar-refractivity contribution in [3.05, 3.63) is 76.7 Å². The van der Waals surface area contributed by atoms with Crippen molar-refractivity contribution in [1.82, 2.24) is 4.98 Å². The summed E-state index contributed by atoms with van der Waals surface area (Å²) in [6.07, 6.45) is 2.29. The summed E-state index contributed by atoms with van der Waals surface area (Å²) in [7, 11) is 0. The zero-order valence-electron chi connectivity index (χ0n) is 15.9. The minimum atomic E-state index is -0.837. The molecule has 0 amide bonds. The van der Waals surface area contributed by atoms with Gasteiger partial charge in [0.15, 0.2) is 6.61 Å². The van der Waals surface area contributed by atoms with E-state index in [1.165, 1.54) is 5.56 Å². The molecule has 0 aliphatic heterocycles. The number of hydrogen-bond donors (Lipinski definition) is 1. The Hall–Kier alpha value is -3.41. The number of carboxylic acids is 1. The van der Waals surface area contributed by atoms with Gasteiger partial charge in [0.2, 0.25) is 5.89 Å². The molecule has 6 heteroatoms. The van der Waals surface area contributed by atoms with Crippen molar-refractivity contribution in [1.29, 1.82) is 0 Å². The zero-order chi connectivity index (χ0) is 19.9. The minimum Gasteiger partial charge on any atom is -0.481 e. The van der Waals surface area contributed by atoms with Gasteiger partial charge < -0.3 is 14.4 Å². The van der Waals surface area contributed by atoms with E-state index >= 15 is 0 Å². The van der Waals surface area contributed by atoms with Gasteiger partial charge in [0.1, 0.15) is 11.5 Å². The number of carboxylic acid groups (broad SMARTS) is 1. The van der Waals surface area contributed by atoms with Crippen LogP contribution in [-0.2, 0) is 29.1 Å². The van der Waals surface area contributed by atoms with Gasteiger partial charge in [0.05, 0.1) is 6.42 Å². The Morgan fingerprint density at radius 2 is 1.79 bits per heavy atom. The van der Waals surface area contributed by atoms with Crippen LogP contribution in [0.2, 0.25) is 0 Å². The largest absolute Gasteiger partial charge is 0.481 e. The van der Waals surface area contributed by atoms with Crippen LogP contribution in [0.1, 0.15) is 28.1 Å². The minimum absolute atomic E-state index is 0.0269. The molecule has 28 heavy (non-hydrogen) atoms. The van der Waals surface area contributed by atoms with E-state index in [0.717, 1.165) is 16.7 Å². The highest BCUT2D eigenvalue weighted by molar-refractivity contribution is 5.70. The highest BCUT2D eigenvalue weighted by Crippen LogP contribution is 2.22. The Labute approximate surface area is 163 Å². The number of rotatable bonds is 8. The number of nitrogens with zero attached hydrogens (tertiary/aromatic N) is 2. The van der Waals surface area contributed by atoms with Gasteiger partial charge in [0.25, 0.3) is 0 Å². The van der Waals surface area contributed by atoms with Crippen molar-refractivity contribution in [2.75, 3.05) is 0 Å². The third kappa shape index (κ3) is 5.30. The smallest absolute Gasteiger partial charge is 0.307 e. The topological polar surface area (TPSA) is 84.9 Å². The molecule has 3 rings (SSSR count). The Kier molecular flexibility index (Phi) is 6.22. The molecule has 0 saturated heterocycles. The highest BCUT2D eigenvalue weighted by Gasteiger charge is 2.11. The Morgan fingerprint density at radius 1 is 1.11 bits per heavy atom. The second-order valence-electron chi connectivity index (χ2n) is 6.54. The molecule has 0 saturated carbocycles. The van der Waals surface area contributed by atoms with Gasteiger partial charge in [-0.3, -0.25) is 4.79 Å². The molecule has 1 heterocycles. The monoisotopic (exact) mass is 378 g/mol. The third-order valence-corrected chi connectivity index (χ3v) is 4.25. The van der Waals surface area contributed by atoms with Crippen LogP contribution in [-0.4, -0.2) is 22.3 Å². The summed E-state index contributed by atoms with van der Waals surface area (Å²) in [4.78, 5) is 20.5. The van der Waals surface area contributed by atoms with Crippen LogP contribution in [0, 0.1) is 13.8 Å². The molecule has 144 valence electrons. The van der Waals surface area contributed by atoms with Gasteiger partial charge in [-0.2, -0.15) is 0 Å². The molecular weight excluding hydrogens is 356 g/mol. The molecule has 0 bridgehead atoms. The van der Waals surface area contributed by atoms with Gasteiger partial charge in [-0.15, -0.1) is 0 Å². The summed E-state index contributed by atoms with van der Waals surface area (Å²) in [5.41, 5.74) is 4.62. The number of aryl methyl sites for hydroxylation is 2. The summed E-state index contributed by atoms with van der Waals surface area (Å²) in [6.45, 7) is 4.12. The number of hydrogen-bond acceptors (Lipinski definition) is 5. The molecule has 0 fully saturated rings. The van der Waals surface area contributed by atoms with Crippen LogP contribution in [0.25, 0.3) is 11.5 Å². The van der Waals surface area contributed by atoms with E-state index in [0.29, 0.717) is 23.8 Å². The van der Waals surface area contributed by atoms with Crippen molar-refractivity contribution < 1.29 is 19.2 Å². The summed E-state index contributed by atoms with van der Waals surface area (Å²) < 4.78 is 5.72. The number of aliphatic carboxylic acids is 1. The Morgan fingerprint density at radius 3 is 2.46 bits per heavy atom. The number of oxime groups is 1.